The average Bonchev–Trinajstić information content (AvgIpc) is 2.27. The molecule has 1 aromatic rings. The van der Waals surface area contributed by atoms with Gasteiger partial charge in [0.1, 0.15) is 0 Å². The van der Waals surface area contributed by atoms with E-state index in [0.29, 0.717) is 6.54 Å². The summed E-state index contributed by atoms with van der Waals surface area (Å²) >= 11 is 0. The first kappa shape index (κ1) is 15.4. The summed E-state index contributed by atoms with van der Waals surface area (Å²) in [4.78, 5) is 13.4. The zero-order valence-corrected chi connectivity index (χ0v) is 12.3. The highest BCUT2D eigenvalue weighted by Gasteiger charge is 2.08. The summed E-state index contributed by atoms with van der Waals surface area (Å²) in [6, 6.07) is 6.29. The van der Waals surface area contributed by atoms with Crippen molar-refractivity contribution in [3.63, 3.8) is 0 Å². The van der Waals surface area contributed by atoms with Crippen LogP contribution in [0.5, 0.6) is 0 Å². The van der Waals surface area contributed by atoms with Gasteiger partial charge in [-0.3, -0.25) is 9.69 Å². The fraction of sp³-hybridized carbons (Fsp3) is 0.500. The number of aryl methyl sites for hydroxylation is 3. The Morgan fingerprint density at radius 3 is 2.37 bits per heavy atom. The molecule has 0 unspecified atom stereocenters. The molecule has 0 radical (unpaired) electrons. The van der Waals surface area contributed by atoms with Crippen molar-refractivity contribution in [2.45, 2.75) is 33.6 Å². The molecular formula is C16H22N2O. The predicted molar refractivity (Wildman–Crippen MR) is 77.1 cm³/mol. The van der Waals surface area contributed by atoms with E-state index in [0.717, 1.165) is 13.0 Å². The lowest BCUT2D eigenvalue weighted by molar-refractivity contribution is -0.118. The van der Waals surface area contributed by atoms with Crippen molar-refractivity contribution in [2.75, 3.05) is 20.1 Å². The average molecular weight is 258 g/mol. The molecule has 3 nitrogen and oxygen atoms in total. The Morgan fingerprint density at radius 1 is 1.26 bits per heavy atom. The topological polar surface area (TPSA) is 44.1 Å². The van der Waals surface area contributed by atoms with Crippen LogP contribution in [-0.4, -0.2) is 30.8 Å². The van der Waals surface area contributed by atoms with Gasteiger partial charge in [-0.25, -0.2) is 0 Å². The lowest BCUT2D eigenvalue weighted by Gasteiger charge is -2.17. The minimum Gasteiger partial charge on any atom is -0.299 e. The molecular weight excluding hydrogens is 236 g/mol. The quantitative estimate of drug-likeness (QED) is 0.787. The number of rotatable bonds is 6. The largest absolute Gasteiger partial charge is 0.299 e. The number of hydrogen-bond acceptors (Lipinski definition) is 3. The highest BCUT2D eigenvalue weighted by atomic mass is 16.1. The minimum atomic E-state index is -0.0117. The second-order valence-electron chi connectivity index (χ2n) is 5.24. The van der Waals surface area contributed by atoms with Gasteiger partial charge in [0, 0.05) is 6.54 Å². The van der Waals surface area contributed by atoms with Gasteiger partial charge in [0.15, 0.2) is 5.78 Å². The van der Waals surface area contributed by atoms with E-state index in [2.05, 4.69) is 32.9 Å². The third-order valence-electron chi connectivity index (χ3n) is 3.31. The molecule has 0 saturated carbocycles. The Hall–Kier alpha value is -1.66. The zero-order chi connectivity index (χ0) is 14.4. The van der Waals surface area contributed by atoms with Crippen LogP contribution in [0.1, 0.15) is 28.7 Å². The van der Waals surface area contributed by atoms with Gasteiger partial charge in [-0.05, 0) is 50.9 Å². The third-order valence-corrected chi connectivity index (χ3v) is 3.31. The predicted octanol–water partition coefficient (Wildman–Crippen LogP) is 2.57. The van der Waals surface area contributed by atoms with Crippen molar-refractivity contribution in [1.82, 2.24) is 4.90 Å². The van der Waals surface area contributed by atoms with Gasteiger partial charge in [0.25, 0.3) is 0 Å². The van der Waals surface area contributed by atoms with Crippen LogP contribution >= 0.6 is 0 Å². The van der Waals surface area contributed by atoms with Crippen molar-refractivity contribution < 1.29 is 4.79 Å². The lowest BCUT2D eigenvalue weighted by atomic mass is 9.97. The normalized spacial score (nSPS) is 10.5. The fourth-order valence-electron chi connectivity index (χ4n) is 2.43. The van der Waals surface area contributed by atoms with E-state index in [1.54, 1.807) is 0 Å². The van der Waals surface area contributed by atoms with Gasteiger partial charge in [0.2, 0.25) is 0 Å². The van der Waals surface area contributed by atoms with Crippen LogP contribution in [0.25, 0.3) is 0 Å². The van der Waals surface area contributed by atoms with Crippen LogP contribution in [-0.2, 0) is 11.2 Å². The number of nitrogens with zero attached hydrogens (tertiary/aromatic N) is 2. The maximum absolute atomic E-state index is 11.4. The number of ketones is 1. The number of benzene rings is 1. The van der Waals surface area contributed by atoms with Crippen LogP contribution in [0.4, 0.5) is 0 Å². The molecule has 0 fully saturated rings. The zero-order valence-electron chi connectivity index (χ0n) is 12.3. The molecule has 1 aromatic carbocycles. The summed E-state index contributed by atoms with van der Waals surface area (Å²) in [5, 5.41) is 8.47. The maximum Gasteiger partial charge on any atom is 0.160 e. The van der Waals surface area contributed by atoms with E-state index >= 15 is 0 Å². The van der Waals surface area contributed by atoms with Crippen LogP contribution in [0.3, 0.4) is 0 Å². The van der Waals surface area contributed by atoms with Gasteiger partial charge < -0.3 is 0 Å². The highest BCUT2D eigenvalue weighted by molar-refractivity contribution is 5.82. The van der Waals surface area contributed by atoms with Crippen molar-refractivity contribution >= 4 is 5.78 Å². The number of carbonyl (C=O) groups is 1. The number of Topliss-reactive ketones (excluding diaryl/α,β-unsaturated/α-hetero) is 1. The van der Waals surface area contributed by atoms with E-state index in [1.165, 1.54) is 22.3 Å². The molecule has 0 amide bonds. The molecule has 0 saturated heterocycles. The lowest BCUT2D eigenvalue weighted by Crippen LogP contribution is -2.28. The van der Waals surface area contributed by atoms with E-state index in [1.807, 2.05) is 18.0 Å². The highest BCUT2D eigenvalue weighted by Crippen LogP contribution is 2.17. The second-order valence-corrected chi connectivity index (χ2v) is 5.24. The molecule has 1 rings (SSSR count). The summed E-state index contributed by atoms with van der Waals surface area (Å²) in [6.45, 7) is 7.57. The molecule has 0 bridgehead atoms. The molecule has 0 aliphatic carbocycles. The minimum absolute atomic E-state index is 0.00687. The Balaban J connectivity index is 2.58. The molecule has 19 heavy (non-hydrogen) atoms. The fourth-order valence-corrected chi connectivity index (χ4v) is 2.43. The monoisotopic (exact) mass is 258 g/mol. The van der Waals surface area contributed by atoms with Gasteiger partial charge in [-0.2, -0.15) is 5.26 Å². The molecule has 0 spiro atoms. The Labute approximate surface area is 115 Å². The van der Waals surface area contributed by atoms with Gasteiger partial charge >= 0.3 is 0 Å². The van der Waals surface area contributed by atoms with E-state index in [-0.39, 0.29) is 12.2 Å². The van der Waals surface area contributed by atoms with Gasteiger partial charge in [0.05, 0.1) is 19.0 Å². The van der Waals surface area contributed by atoms with Gasteiger partial charge in [-0.15, -0.1) is 0 Å². The molecule has 0 atom stereocenters. The summed E-state index contributed by atoms with van der Waals surface area (Å²) in [7, 11) is 1.92. The summed E-state index contributed by atoms with van der Waals surface area (Å²) < 4.78 is 0. The van der Waals surface area contributed by atoms with Gasteiger partial charge in [-0.1, -0.05) is 17.7 Å². The standard InChI is InChI=1S/C16H22N2O/c1-12-9-13(2)16(14(3)10-12)6-8-18(4)11-15(19)5-7-17/h9-10H,5-6,8,11H2,1-4H3. The summed E-state index contributed by atoms with van der Waals surface area (Å²) in [6.07, 6.45) is 0.946. The smallest absolute Gasteiger partial charge is 0.160 e. The van der Waals surface area contributed by atoms with E-state index < -0.39 is 0 Å². The number of nitriles is 1. The first-order valence-electron chi connectivity index (χ1n) is 6.58. The molecule has 0 aliphatic heterocycles. The SMILES string of the molecule is Cc1cc(C)c(CCN(C)CC(=O)CC#N)c(C)c1. The van der Waals surface area contributed by atoms with Crippen molar-refractivity contribution in [3.05, 3.63) is 34.4 Å². The molecule has 0 heterocycles. The first-order valence-corrected chi connectivity index (χ1v) is 6.58. The number of hydrogen-bond donors (Lipinski definition) is 0. The molecule has 0 aromatic heterocycles. The Bertz CT molecular complexity index is 477. The van der Waals surface area contributed by atoms with Crippen molar-refractivity contribution in [1.29, 1.82) is 5.26 Å². The molecule has 0 aliphatic rings. The third kappa shape index (κ3) is 4.84. The number of likely N-dealkylation sites (N-methyl/N-ethyl adjacent to an activating group) is 1. The van der Waals surface area contributed by atoms with Crippen LogP contribution < -0.4 is 0 Å². The van der Waals surface area contributed by atoms with Crippen LogP contribution in [0.15, 0.2) is 12.1 Å². The summed E-state index contributed by atoms with van der Waals surface area (Å²) in [5.74, 6) is -0.0117. The molecule has 102 valence electrons. The van der Waals surface area contributed by atoms with Crippen molar-refractivity contribution in [3.8, 4) is 6.07 Å². The Morgan fingerprint density at radius 2 is 1.84 bits per heavy atom. The van der Waals surface area contributed by atoms with E-state index in [9.17, 15) is 4.79 Å². The maximum atomic E-state index is 11.4. The van der Waals surface area contributed by atoms with E-state index in [4.69, 9.17) is 5.26 Å². The van der Waals surface area contributed by atoms with Crippen LogP contribution in [0.2, 0.25) is 0 Å². The molecule has 3 heteroatoms. The first-order chi connectivity index (χ1) is 8.93. The second kappa shape index (κ2) is 7.06. The molecule has 0 N–H and O–H groups in total. The van der Waals surface area contributed by atoms with Crippen molar-refractivity contribution in [2.24, 2.45) is 0 Å². The Kier molecular flexibility index (Phi) is 5.72. The number of carbonyl (C=O) groups excluding carboxylic acids is 1. The van der Waals surface area contributed by atoms with Crippen LogP contribution in [0, 0.1) is 32.1 Å². The summed E-state index contributed by atoms with van der Waals surface area (Å²) in [5.41, 5.74) is 5.28.